The van der Waals surface area contributed by atoms with Crippen LogP contribution in [0.25, 0.3) is 23.5 Å². The number of nitro groups is 1. The minimum atomic E-state index is -4.52. The zero-order chi connectivity index (χ0) is 18.9. The molecule has 0 fully saturated rings. The molecule has 6 nitrogen and oxygen atoms in total. The van der Waals surface area contributed by atoms with E-state index in [1.165, 1.54) is 49.4 Å². The van der Waals surface area contributed by atoms with Gasteiger partial charge in [0.1, 0.15) is 11.5 Å². The molecule has 26 heavy (non-hydrogen) atoms. The van der Waals surface area contributed by atoms with Gasteiger partial charge < -0.3 is 8.94 Å². The van der Waals surface area contributed by atoms with E-state index in [1.54, 1.807) is 0 Å². The number of hydrogen-bond acceptors (Lipinski definition) is 5. The average molecular weight is 364 g/mol. The number of aromatic nitrogens is 1. The Hall–Kier alpha value is -3.36. The molecule has 0 unspecified atom stereocenters. The molecule has 0 aliphatic rings. The molecule has 0 aliphatic heterocycles. The van der Waals surface area contributed by atoms with Crippen LogP contribution in [-0.4, -0.2) is 10.1 Å². The van der Waals surface area contributed by atoms with Crippen LogP contribution in [0.15, 0.2) is 45.3 Å². The Kier molecular flexibility index (Phi) is 4.37. The Balaban J connectivity index is 1.92. The third kappa shape index (κ3) is 3.37. The van der Waals surface area contributed by atoms with Gasteiger partial charge in [0.15, 0.2) is 5.69 Å². The minimum absolute atomic E-state index is 0.0285. The summed E-state index contributed by atoms with van der Waals surface area (Å²) in [5.74, 6) is 0.155. The molecule has 0 radical (unpaired) electrons. The van der Waals surface area contributed by atoms with Gasteiger partial charge in [-0.05, 0) is 37.3 Å². The van der Waals surface area contributed by atoms with Crippen molar-refractivity contribution in [2.75, 3.05) is 0 Å². The molecule has 0 bridgehead atoms. The lowest BCUT2D eigenvalue weighted by atomic mass is 10.1. The van der Waals surface area contributed by atoms with Crippen LogP contribution in [0.5, 0.6) is 0 Å². The Morgan fingerprint density at radius 2 is 1.88 bits per heavy atom. The van der Waals surface area contributed by atoms with Gasteiger partial charge in [0.05, 0.1) is 10.5 Å². The largest absolute Gasteiger partial charge is 0.457 e. The number of furan rings is 1. The summed E-state index contributed by atoms with van der Waals surface area (Å²) in [6.07, 6.45) is -1.89. The first-order valence-corrected chi connectivity index (χ1v) is 7.32. The molecule has 2 aromatic heterocycles. The van der Waals surface area contributed by atoms with E-state index in [0.29, 0.717) is 0 Å². The summed E-state index contributed by atoms with van der Waals surface area (Å²) < 4.78 is 49.6. The van der Waals surface area contributed by atoms with Crippen LogP contribution in [0.4, 0.5) is 18.9 Å². The van der Waals surface area contributed by atoms with Gasteiger partial charge in [-0.15, -0.1) is 0 Å². The molecule has 0 amide bonds. The minimum Gasteiger partial charge on any atom is -0.457 e. The first kappa shape index (κ1) is 17.5. The van der Waals surface area contributed by atoms with Crippen molar-refractivity contribution in [1.29, 1.82) is 0 Å². The fourth-order valence-corrected chi connectivity index (χ4v) is 2.40. The van der Waals surface area contributed by atoms with Crippen molar-refractivity contribution in [2.24, 2.45) is 0 Å². The lowest BCUT2D eigenvalue weighted by molar-refractivity contribution is -0.386. The molecule has 2 heterocycles. The SMILES string of the molecule is Cc1noc(/C=C\c2ccc(-c3ccccc3C(F)(F)F)o2)c1[N+](=O)[O-]. The number of rotatable bonds is 4. The fourth-order valence-electron chi connectivity index (χ4n) is 2.40. The second kappa shape index (κ2) is 6.51. The zero-order valence-electron chi connectivity index (χ0n) is 13.3. The molecule has 3 rings (SSSR count). The van der Waals surface area contributed by atoms with Gasteiger partial charge in [-0.1, -0.05) is 23.4 Å². The summed E-state index contributed by atoms with van der Waals surface area (Å²) in [5, 5.41) is 14.5. The maximum atomic E-state index is 13.1. The third-order valence-corrected chi connectivity index (χ3v) is 3.56. The van der Waals surface area contributed by atoms with Crippen molar-refractivity contribution in [3.63, 3.8) is 0 Å². The average Bonchev–Trinajstić information content (AvgIpc) is 3.18. The molecule has 134 valence electrons. The van der Waals surface area contributed by atoms with Crippen LogP contribution in [0.3, 0.4) is 0 Å². The predicted molar refractivity (Wildman–Crippen MR) is 86.0 cm³/mol. The topological polar surface area (TPSA) is 82.3 Å². The van der Waals surface area contributed by atoms with Crippen LogP contribution in [0.2, 0.25) is 0 Å². The van der Waals surface area contributed by atoms with Crippen molar-refractivity contribution < 1.29 is 27.0 Å². The summed E-state index contributed by atoms with van der Waals surface area (Å²) in [7, 11) is 0. The standard InChI is InChI=1S/C17H11F3N2O4/c1-10-16(22(23)24)15(26-21-10)9-7-11-6-8-14(25-11)12-4-2-3-5-13(12)17(18,19)20/h2-9H,1H3/b9-7-. The van der Waals surface area contributed by atoms with Gasteiger partial charge in [-0.25, -0.2) is 0 Å². The van der Waals surface area contributed by atoms with Crippen LogP contribution >= 0.6 is 0 Å². The van der Waals surface area contributed by atoms with E-state index >= 15 is 0 Å². The van der Waals surface area contributed by atoms with Gasteiger partial charge >= 0.3 is 11.9 Å². The number of benzene rings is 1. The lowest BCUT2D eigenvalue weighted by Gasteiger charge is -2.10. The van der Waals surface area contributed by atoms with Crippen molar-refractivity contribution in [2.45, 2.75) is 13.1 Å². The number of nitrogens with zero attached hydrogens (tertiary/aromatic N) is 2. The van der Waals surface area contributed by atoms with E-state index in [-0.39, 0.29) is 34.2 Å². The molecule has 0 saturated carbocycles. The molecule has 0 spiro atoms. The van der Waals surface area contributed by atoms with Crippen molar-refractivity contribution in [1.82, 2.24) is 5.16 Å². The van der Waals surface area contributed by atoms with Crippen molar-refractivity contribution in [3.05, 3.63) is 69.3 Å². The molecule has 3 aromatic rings. The van der Waals surface area contributed by atoms with Gasteiger partial charge in [-0.2, -0.15) is 13.2 Å². The number of hydrogen-bond donors (Lipinski definition) is 0. The van der Waals surface area contributed by atoms with Gasteiger partial charge in [-0.3, -0.25) is 10.1 Å². The maximum absolute atomic E-state index is 13.1. The second-order valence-electron chi connectivity index (χ2n) is 5.32. The molecule has 1 aromatic carbocycles. The maximum Gasteiger partial charge on any atom is 0.417 e. The quantitative estimate of drug-likeness (QED) is 0.461. The molecule has 0 saturated heterocycles. The number of halogens is 3. The Morgan fingerprint density at radius 1 is 1.15 bits per heavy atom. The van der Waals surface area contributed by atoms with E-state index in [0.717, 1.165) is 6.07 Å². The predicted octanol–water partition coefficient (Wildman–Crippen LogP) is 5.34. The van der Waals surface area contributed by atoms with Crippen LogP contribution in [0.1, 0.15) is 22.8 Å². The molecule has 9 heteroatoms. The fraction of sp³-hybridized carbons (Fsp3) is 0.118. The van der Waals surface area contributed by atoms with Crippen LogP contribution in [-0.2, 0) is 6.18 Å². The van der Waals surface area contributed by atoms with E-state index in [1.807, 2.05) is 0 Å². The van der Waals surface area contributed by atoms with E-state index in [2.05, 4.69) is 5.16 Å². The van der Waals surface area contributed by atoms with Gasteiger partial charge in [0.2, 0.25) is 5.76 Å². The highest BCUT2D eigenvalue weighted by molar-refractivity contribution is 5.71. The Bertz CT molecular complexity index is 986. The molecular weight excluding hydrogens is 353 g/mol. The summed E-state index contributed by atoms with van der Waals surface area (Å²) >= 11 is 0. The summed E-state index contributed by atoms with van der Waals surface area (Å²) in [4.78, 5) is 10.4. The highest BCUT2D eigenvalue weighted by atomic mass is 19.4. The van der Waals surface area contributed by atoms with Gasteiger partial charge in [0.25, 0.3) is 0 Å². The number of aryl methyl sites for hydroxylation is 1. The smallest absolute Gasteiger partial charge is 0.417 e. The molecular formula is C17H11F3N2O4. The Morgan fingerprint density at radius 3 is 2.58 bits per heavy atom. The van der Waals surface area contributed by atoms with Crippen molar-refractivity contribution in [3.8, 4) is 11.3 Å². The first-order valence-electron chi connectivity index (χ1n) is 7.32. The first-order chi connectivity index (χ1) is 12.3. The zero-order valence-corrected chi connectivity index (χ0v) is 13.3. The van der Waals surface area contributed by atoms with E-state index in [4.69, 9.17) is 8.94 Å². The Labute approximate surface area is 144 Å². The number of alkyl halides is 3. The van der Waals surface area contributed by atoms with Crippen LogP contribution < -0.4 is 0 Å². The van der Waals surface area contributed by atoms with Gasteiger partial charge in [0, 0.05) is 5.56 Å². The van der Waals surface area contributed by atoms with E-state index in [9.17, 15) is 23.3 Å². The highest BCUT2D eigenvalue weighted by Crippen LogP contribution is 2.37. The third-order valence-electron chi connectivity index (χ3n) is 3.56. The van der Waals surface area contributed by atoms with Crippen LogP contribution in [0, 0.1) is 17.0 Å². The van der Waals surface area contributed by atoms with Crippen molar-refractivity contribution >= 4 is 17.8 Å². The summed E-state index contributed by atoms with van der Waals surface area (Å²) in [6, 6.07) is 7.89. The monoisotopic (exact) mass is 364 g/mol. The molecule has 0 aliphatic carbocycles. The molecule has 0 N–H and O–H groups in total. The summed E-state index contributed by atoms with van der Waals surface area (Å²) in [5.41, 5.74) is -1.07. The lowest BCUT2D eigenvalue weighted by Crippen LogP contribution is -2.06. The normalized spacial score (nSPS) is 12.0. The second-order valence-corrected chi connectivity index (χ2v) is 5.32. The molecule has 0 atom stereocenters. The van der Waals surface area contributed by atoms with E-state index < -0.39 is 16.7 Å². The summed E-state index contributed by atoms with van der Waals surface area (Å²) in [6.45, 7) is 1.43. The highest BCUT2D eigenvalue weighted by Gasteiger charge is 2.34.